The molecule has 1 atom stereocenters. The smallest absolute Gasteiger partial charge is 0.251 e. The number of hydrogen-bond donors (Lipinski definition) is 2. The predicted molar refractivity (Wildman–Crippen MR) is 63.5 cm³/mol. The van der Waals surface area contributed by atoms with E-state index in [9.17, 15) is 4.79 Å². The highest BCUT2D eigenvalue weighted by Crippen LogP contribution is 2.13. The van der Waals surface area contributed by atoms with Crippen LogP contribution in [0, 0.1) is 6.92 Å². The van der Waals surface area contributed by atoms with Crippen LogP contribution < -0.4 is 10.9 Å². The molecule has 0 aliphatic heterocycles. The maximum atomic E-state index is 11.2. The lowest BCUT2D eigenvalue weighted by atomic mass is 10.3. The lowest BCUT2D eigenvalue weighted by molar-refractivity contribution is 0.601. The Balaban J connectivity index is 2.61. The fraction of sp³-hybridized carbons (Fsp3) is 0.600. The molecule has 0 radical (unpaired) electrons. The molecule has 5 heteroatoms. The molecule has 84 valence electrons. The van der Waals surface area contributed by atoms with Crippen molar-refractivity contribution < 1.29 is 0 Å². The molecule has 1 rings (SSSR count). The normalized spacial score (nSPS) is 12.7. The van der Waals surface area contributed by atoms with Crippen LogP contribution in [0.3, 0.4) is 0 Å². The van der Waals surface area contributed by atoms with Crippen LogP contribution in [0.1, 0.15) is 19.0 Å². The second-order valence-corrected chi connectivity index (χ2v) is 4.41. The molecule has 0 aliphatic carbocycles. The molecule has 1 aromatic rings. The van der Waals surface area contributed by atoms with Crippen LogP contribution in [0.5, 0.6) is 0 Å². The Kier molecular flexibility index (Phi) is 4.84. The van der Waals surface area contributed by atoms with Gasteiger partial charge in [-0.3, -0.25) is 4.79 Å². The van der Waals surface area contributed by atoms with E-state index in [1.54, 1.807) is 11.8 Å². The van der Waals surface area contributed by atoms with Gasteiger partial charge in [0.05, 0.1) is 0 Å². The molecule has 0 saturated carbocycles. The Hall–Kier alpha value is -0.810. The number of hydrogen-bond acceptors (Lipinski definition) is 4. The zero-order chi connectivity index (χ0) is 11.3. The van der Waals surface area contributed by atoms with E-state index < -0.39 is 0 Å². The highest BCUT2D eigenvalue weighted by molar-refractivity contribution is 7.99. The van der Waals surface area contributed by atoms with Gasteiger partial charge in [-0.2, -0.15) is 0 Å². The number of aromatic amines is 1. The maximum Gasteiger partial charge on any atom is 0.251 e. The standard InChI is InChI=1S/C10H17N3OS/c1-4-8(11-3)6-15-10-12-7(2)5-9(14)13-10/h5,8,11H,4,6H2,1-3H3,(H,12,13,14). The number of aryl methyl sites for hydroxylation is 1. The van der Waals surface area contributed by atoms with E-state index in [1.165, 1.54) is 6.07 Å². The Morgan fingerprint density at radius 1 is 1.67 bits per heavy atom. The average molecular weight is 227 g/mol. The minimum atomic E-state index is -0.0810. The topological polar surface area (TPSA) is 57.8 Å². The van der Waals surface area contributed by atoms with Crippen molar-refractivity contribution in [3.8, 4) is 0 Å². The van der Waals surface area contributed by atoms with Crippen molar-refractivity contribution in [2.75, 3.05) is 12.8 Å². The molecule has 1 heterocycles. The van der Waals surface area contributed by atoms with Crippen molar-refractivity contribution in [2.24, 2.45) is 0 Å². The molecule has 4 nitrogen and oxygen atoms in total. The number of nitrogens with one attached hydrogen (secondary N) is 2. The first-order valence-corrected chi connectivity index (χ1v) is 6.02. The molecule has 0 fully saturated rings. The molecule has 0 aliphatic rings. The first-order valence-electron chi connectivity index (χ1n) is 5.03. The van der Waals surface area contributed by atoms with Gasteiger partial charge in [-0.15, -0.1) is 0 Å². The third-order valence-electron chi connectivity index (χ3n) is 2.17. The summed E-state index contributed by atoms with van der Waals surface area (Å²) in [5.41, 5.74) is 0.682. The Bertz CT molecular complexity index is 360. The van der Waals surface area contributed by atoms with E-state index in [-0.39, 0.29) is 5.56 Å². The summed E-state index contributed by atoms with van der Waals surface area (Å²) < 4.78 is 0. The van der Waals surface area contributed by atoms with Crippen LogP contribution in [-0.4, -0.2) is 28.8 Å². The predicted octanol–water partition coefficient (Wildman–Crippen LogP) is 1.17. The second kappa shape index (κ2) is 5.92. The van der Waals surface area contributed by atoms with E-state index in [0.29, 0.717) is 11.2 Å². The van der Waals surface area contributed by atoms with Gasteiger partial charge >= 0.3 is 0 Å². The van der Waals surface area contributed by atoms with Crippen LogP contribution in [0.25, 0.3) is 0 Å². The minimum absolute atomic E-state index is 0.0810. The first-order chi connectivity index (χ1) is 7.15. The highest BCUT2D eigenvalue weighted by Gasteiger charge is 2.05. The maximum absolute atomic E-state index is 11.2. The van der Waals surface area contributed by atoms with Gasteiger partial charge in [-0.05, 0) is 20.4 Å². The molecule has 1 aromatic heterocycles. The monoisotopic (exact) mass is 227 g/mol. The summed E-state index contributed by atoms with van der Waals surface area (Å²) in [5, 5.41) is 3.91. The third-order valence-corrected chi connectivity index (χ3v) is 3.21. The first kappa shape index (κ1) is 12.3. The number of H-pyrrole nitrogens is 1. The zero-order valence-electron chi connectivity index (χ0n) is 9.33. The van der Waals surface area contributed by atoms with E-state index in [1.807, 2.05) is 14.0 Å². The van der Waals surface area contributed by atoms with Gasteiger partial charge in [0.25, 0.3) is 5.56 Å². The van der Waals surface area contributed by atoms with Gasteiger partial charge in [0.15, 0.2) is 5.16 Å². The Morgan fingerprint density at radius 3 is 2.93 bits per heavy atom. The summed E-state index contributed by atoms with van der Waals surface area (Å²) in [6.07, 6.45) is 1.07. The van der Waals surface area contributed by atoms with Gasteiger partial charge in [-0.1, -0.05) is 18.7 Å². The van der Waals surface area contributed by atoms with Crippen LogP contribution in [-0.2, 0) is 0 Å². The molecule has 15 heavy (non-hydrogen) atoms. The molecule has 0 aromatic carbocycles. The quantitative estimate of drug-likeness (QED) is 0.585. The fourth-order valence-corrected chi connectivity index (χ4v) is 2.35. The largest absolute Gasteiger partial charge is 0.316 e. The molecule has 0 spiro atoms. The summed E-state index contributed by atoms with van der Waals surface area (Å²) in [6.45, 7) is 3.96. The molecular formula is C10H17N3OS. The number of rotatable bonds is 5. The van der Waals surface area contributed by atoms with Crippen LogP contribution in [0.15, 0.2) is 16.0 Å². The van der Waals surface area contributed by atoms with Crippen molar-refractivity contribution in [1.82, 2.24) is 15.3 Å². The van der Waals surface area contributed by atoms with Gasteiger partial charge in [0.2, 0.25) is 0 Å². The molecule has 1 unspecified atom stereocenters. The van der Waals surface area contributed by atoms with Crippen LogP contribution in [0.4, 0.5) is 0 Å². The average Bonchev–Trinajstić information content (AvgIpc) is 2.18. The molecule has 2 N–H and O–H groups in total. The lowest BCUT2D eigenvalue weighted by Crippen LogP contribution is -2.26. The van der Waals surface area contributed by atoms with Crippen LogP contribution >= 0.6 is 11.8 Å². The Morgan fingerprint density at radius 2 is 2.40 bits per heavy atom. The summed E-state index contributed by atoms with van der Waals surface area (Å²) in [7, 11) is 1.95. The van der Waals surface area contributed by atoms with E-state index in [0.717, 1.165) is 17.9 Å². The number of thioether (sulfide) groups is 1. The molecular weight excluding hydrogens is 210 g/mol. The van der Waals surface area contributed by atoms with Crippen LogP contribution in [0.2, 0.25) is 0 Å². The van der Waals surface area contributed by atoms with Gasteiger partial charge in [0.1, 0.15) is 0 Å². The van der Waals surface area contributed by atoms with Gasteiger partial charge in [0, 0.05) is 23.6 Å². The summed E-state index contributed by atoms with van der Waals surface area (Å²) in [6, 6.07) is 1.96. The SMILES string of the molecule is CCC(CSc1nc(C)cc(=O)[nH]1)NC. The van der Waals surface area contributed by atoms with Crippen molar-refractivity contribution in [1.29, 1.82) is 0 Å². The fourth-order valence-electron chi connectivity index (χ4n) is 1.20. The van der Waals surface area contributed by atoms with E-state index >= 15 is 0 Å². The highest BCUT2D eigenvalue weighted by atomic mass is 32.2. The van der Waals surface area contributed by atoms with Crippen molar-refractivity contribution in [3.63, 3.8) is 0 Å². The minimum Gasteiger partial charge on any atom is -0.316 e. The van der Waals surface area contributed by atoms with Crippen molar-refractivity contribution in [3.05, 3.63) is 22.1 Å². The second-order valence-electron chi connectivity index (χ2n) is 3.40. The summed E-state index contributed by atoms with van der Waals surface area (Å²) >= 11 is 1.58. The van der Waals surface area contributed by atoms with Crippen molar-refractivity contribution >= 4 is 11.8 Å². The molecule has 0 bridgehead atoms. The van der Waals surface area contributed by atoms with E-state index in [2.05, 4.69) is 22.2 Å². The molecule has 0 saturated heterocycles. The molecule has 0 amide bonds. The summed E-state index contributed by atoms with van der Waals surface area (Å²) in [5.74, 6) is 0.916. The third kappa shape index (κ3) is 4.05. The lowest BCUT2D eigenvalue weighted by Gasteiger charge is -2.12. The van der Waals surface area contributed by atoms with E-state index in [4.69, 9.17) is 0 Å². The van der Waals surface area contributed by atoms with Crippen molar-refractivity contribution in [2.45, 2.75) is 31.5 Å². The Labute approximate surface area is 93.9 Å². The summed E-state index contributed by atoms with van der Waals surface area (Å²) in [4.78, 5) is 18.1. The zero-order valence-corrected chi connectivity index (χ0v) is 10.1. The number of nitrogens with zero attached hydrogens (tertiary/aromatic N) is 1. The van der Waals surface area contributed by atoms with Gasteiger partial charge < -0.3 is 10.3 Å². The number of aromatic nitrogens is 2. The van der Waals surface area contributed by atoms with Gasteiger partial charge in [-0.25, -0.2) is 4.98 Å².